The third kappa shape index (κ3) is 3.89. The number of methoxy groups -OCH3 is 1. The average molecular weight is 380 g/mol. The molecule has 1 amide bonds. The van der Waals surface area contributed by atoms with Gasteiger partial charge in [-0.15, -0.1) is 0 Å². The van der Waals surface area contributed by atoms with E-state index in [9.17, 15) is 9.59 Å². The van der Waals surface area contributed by atoms with Gasteiger partial charge in [0, 0.05) is 23.3 Å². The fourth-order valence-corrected chi connectivity index (χ4v) is 3.08. The number of fused-ring (bicyclic) bond motifs is 1. The highest BCUT2D eigenvalue weighted by Crippen LogP contribution is 2.28. The van der Waals surface area contributed by atoms with Crippen LogP contribution in [0, 0.1) is 6.92 Å². The van der Waals surface area contributed by atoms with Gasteiger partial charge < -0.3 is 15.0 Å². The molecule has 3 rings (SSSR count). The molecule has 1 aromatic heterocycles. The molecule has 2 aromatic carbocycles. The minimum Gasteiger partial charge on any atom is -0.465 e. The summed E-state index contributed by atoms with van der Waals surface area (Å²) in [5, 5.41) is 8.78. The zero-order valence-corrected chi connectivity index (χ0v) is 16.5. The molecule has 3 aromatic rings. The molecule has 0 aliphatic heterocycles. The summed E-state index contributed by atoms with van der Waals surface area (Å²) >= 11 is 0. The van der Waals surface area contributed by atoms with E-state index in [1.54, 1.807) is 18.3 Å². The number of benzene rings is 2. The van der Waals surface area contributed by atoms with Crippen molar-refractivity contribution in [1.82, 2.24) is 14.7 Å². The van der Waals surface area contributed by atoms with Crippen LogP contribution >= 0.6 is 0 Å². The number of anilines is 1. The Kier molecular flexibility index (Phi) is 5.75. The molecule has 0 radical (unpaired) electrons. The number of hydrogen-bond acceptors (Lipinski definition) is 5. The molecule has 0 spiro atoms. The molecule has 0 unspecified atom stereocenters. The molecular weight excluding hydrogens is 356 g/mol. The van der Waals surface area contributed by atoms with Crippen LogP contribution in [0.4, 0.5) is 5.69 Å². The van der Waals surface area contributed by atoms with Crippen LogP contribution in [-0.4, -0.2) is 54.3 Å². The van der Waals surface area contributed by atoms with Gasteiger partial charge >= 0.3 is 5.97 Å². The van der Waals surface area contributed by atoms with Crippen molar-refractivity contribution in [1.29, 1.82) is 0 Å². The summed E-state index contributed by atoms with van der Waals surface area (Å²) in [7, 11) is 5.34. The van der Waals surface area contributed by atoms with E-state index in [0.29, 0.717) is 23.4 Å². The number of nitrogens with zero attached hydrogens (tertiary/aromatic N) is 3. The minimum atomic E-state index is -0.410. The maximum absolute atomic E-state index is 12.8. The van der Waals surface area contributed by atoms with Gasteiger partial charge in [0.15, 0.2) is 0 Å². The third-order valence-electron chi connectivity index (χ3n) is 4.68. The Hall–Kier alpha value is -3.19. The van der Waals surface area contributed by atoms with E-state index in [4.69, 9.17) is 4.74 Å². The third-order valence-corrected chi connectivity index (χ3v) is 4.68. The van der Waals surface area contributed by atoms with E-state index < -0.39 is 5.97 Å². The van der Waals surface area contributed by atoms with Crippen LogP contribution in [-0.2, 0) is 11.3 Å². The van der Waals surface area contributed by atoms with Crippen molar-refractivity contribution in [2.24, 2.45) is 0 Å². The lowest BCUT2D eigenvalue weighted by molar-refractivity contribution is 0.0603. The second-order valence-corrected chi connectivity index (χ2v) is 6.82. The van der Waals surface area contributed by atoms with Crippen LogP contribution in [0.25, 0.3) is 10.8 Å². The number of ether oxygens (including phenoxy) is 1. The molecule has 1 heterocycles. The molecule has 0 fully saturated rings. The number of hydrogen-bond donors (Lipinski definition) is 1. The quantitative estimate of drug-likeness (QED) is 0.666. The number of carbonyl (C=O) groups excluding carboxylic acids is 2. The first kappa shape index (κ1) is 19.6. The van der Waals surface area contributed by atoms with Crippen LogP contribution < -0.4 is 5.32 Å². The van der Waals surface area contributed by atoms with Crippen molar-refractivity contribution in [3.63, 3.8) is 0 Å². The Labute approximate surface area is 163 Å². The van der Waals surface area contributed by atoms with Gasteiger partial charge in [0.2, 0.25) is 0 Å². The highest BCUT2D eigenvalue weighted by Gasteiger charge is 2.17. The van der Waals surface area contributed by atoms with E-state index in [2.05, 4.69) is 15.3 Å². The van der Waals surface area contributed by atoms with E-state index in [1.807, 2.05) is 50.0 Å². The summed E-state index contributed by atoms with van der Waals surface area (Å²) in [6.07, 6.45) is 1.59. The molecular formula is C21H24N4O3. The van der Waals surface area contributed by atoms with E-state index >= 15 is 0 Å². The second-order valence-electron chi connectivity index (χ2n) is 6.82. The van der Waals surface area contributed by atoms with Gasteiger partial charge in [0.1, 0.15) is 0 Å². The Bertz CT molecular complexity index is 1020. The normalized spacial score (nSPS) is 11.0. The molecule has 1 N–H and O–H groups in total. The zero-order chi connectivity index (χ0) is 20.3. The summed E-state index contributed by atoms with van der Waals surface area (Å²) in [6, 6.07) is 10.8. The molecule has 0 aliphatic rings. The number of nitrogens with one attached hydrogen (secondary N) is 1. The Morgan fingerprint density at radius 1 is 1.11 bits per heavy atom. The van der Waals surface area contributed by atoms with Crippen molar-refractivity contribution in [3.8, 4) is 0 Å². The number of likely N-dealkylation sites (N-methyl/N-ethyl adjacent to an activating group) is 1. The first-order valence-electron chi connectivity index (χ1n) is 9.01. The first-order valence-corrected chi connectivity index (χ1v) is 9.01. The SMILES string of the molecule is COC(=O)c1ccc(NC(=O)c2cnn(CCN(C)C)c2C)c2ccccc12. The largest absolute Gasteiger partial charge is 0.465 e. The number of amides is 1. The van der Waals surface area contributed by atoms with Crippen molar-refractivity contribution in [2.75, 3.05) is 33.1 Å². The molecule has 7 nitrogen and oxygen atoms in total. The Morgan fingerprint density at radius 2 is 1.82 bits per heavy atom. The van der Waals surface area contributed by atoms with Gasteiger partial charge in [-0.3, -0.25) is 9.48 Å². The predicted molar refractivity (Wildman–Crippen MR) is 109 cm³/mol. The van der Waals surface area contributed by atoms with Crippen molar-refractivity contribution < 1.29 is 14.3 Å². The van der Waals surface area contributed by atoms with E-state index in [1.165, 1.54) is 7.11 Å². The maximum atomic E-state index is 12.8. The van der Waals surface area contributed by atoms with Gasteiger partial charge in [0.25, 0.3) is 5.91 Å². The smallest absolute Gasteiger partial charge is 0.338 e. The van der Waals surface area contributed by atoms with Gasteiger partial charge in [-0.25, -0.2) is 4.79 Å². The number of carbonyl (C=O) groups is 2. The molecule has 7 heteroatoms. The highest BCUT2D eigenvalue weighted by atomic mass is 16.5. The summed E-state index contributed by atoms with van der Waals surface area (Å²) in [6.45, 7) is 3.43. The van der Waals surface area contributed by atoms with Gasteiger partial charge in [-0.05, 0) is 38.5 Å². The summed E-state index contributed by atoms with van der Waals surface area (Å²) in [5.41, 5.74) is 2.44. The lowest BCUT2D eigenvalue weighted by atomic mass is 10.0. The van der Waals surface area contributed by atoms with Gasteiger partial charge in [-0.2, -0.15) is 5.10 Å². The predicted octanol–water partition coefficient (Wildman–Crippen LogP) is 2.95. The fraction of sp³-hybridized carbons (Fsp3) is 0.286. The molecule has 0 aliphatic carbocycles. The highest BCUT2D eigenvalue weighted by molar-refractivity contribution is 6.13. The van der Waals surface area contributed by atoms with Crippen LogP contribution in [0.3, 0.4) is 0 Å². The van der Waals surface area contributed by atoms with Crippen LogP contribution in [0.5, 0.6) is 0 Å². The second kappa shape index (κ2) is 8.22. The Morgan fingerprint density at radius 3 is 2.50 bits per heavy atom. The lowest BCUT2D eigenvalue weighted by Crippen LogP contribution is -2.20. The van der Waals surface area contributed by atoms with Crippen LogP contribution in [0.15, 0.2) is 42.6 Å². The molecule has 0 bridgehead atoms. The van der Waals surface area contributed by atoms with Crippen LogP contribution in [0.2, 0.25) is 0 Å². The first-order chi connectivity index (χ1) is 13.4. The summed E-state index contributed by atoms with van der Waals surface area (Å²) in [4.78, 5) is 26.9. The monoisotopic (exact) mass is 380 g/mol. The van der Waals surface area contributed by atoms with Crippen LogP contribution in [0.1, 0.15) is 26.4 Å². The maximum Gasteiger partial charge on any atom is 0.338 e. The minimum absolute atomic E-state index is 0.232. The molecule has 146 valence electrons. The lowest BCUT2D eigenvalue weighted by Gasteiger charge is -2.12. The molecule has 0 saturated carbocycles. The van der Waals surface area contributed by atoms with E-state index in [-0.39, 0.29) is 5.91 Å². The molecule has 0 saturated heterocycles. The number of rotatable bonds is 6. The van der Waals surface area contributed by atoms with Gasteiger partial charge in [-0.1, -0.05) is 24.3 Å². The zero-order valence-electron chi connectivity index (χ0n) is 16.5. The summed E-state index contributed by atoms with van der Waals surface area (Å²) in [5.74, 6) is -0.642. The summed E-state index contributed by atoms with van der Waals surface area (Å²) < 4.78 is 6.68. The Balaban J connectivity index is 1.89. The average Bonchev–Trinajstić information content (AvgIpc) is 3.06. The molecule has 0 atom stereocenters. The van der Waals surface area contributed by atoms with Gasteiger partial charge in [0.05, 0.1) is 31.0 Å². The van der Waals surface area contributed by atoms with Crippen molar-refractivity contribution in [3.05, 3.63) is 59.4 Å². The topological polar surface area (TPSA) is 76.5 Å². The van der Waals surface area contributed by atoms with E-state index in [0.717, 1.165) is 23.0 Å². The number of esters is 1. The fourth-order valence-electron chi connectivity index (χ4n) is 3.08. The van der Waals surface area contributed by atoms with Crippen molar-refractivity contribution in [2.45, 2.75) is 13.5 Å². The number of aromatic nitrogens is 2. The van der Waals surface area contributed by atoms with Crippen molar-refractivity contribution >= 4 is 28.3 Å². The molecule has 28 heavy (non-hydrogen) atoms. The standard InChI is InChI=1S/C21H24N4O3/c1-14-18(13-22-25(14)12-11-24(2)3)20(26)23-19-10-9-17(21(27)28-4)15-7-5-6-8-16(15)19/h5-10,13H,11-12H2,1-4H3,(H,23,26).